The quantitative estimate of drug-likeness (QED) is 0.180. The van der Waals surface area contributed by atoms with Crippen molar-refractivity contribution in [3.05, 3.63) is 132 Å². The van der Waals surface area contributed by atoms with E-state index in [0.29, 0.717) is 6.04 Å². The lowest BCUT2D eigenvalue weighted by Crippen LogP contribution is -2.13. The third kappa shape index (κ3) is 6.03. The summed E-state index contributed by atoms with van der Waals surface area (Å²) < 4.78 is 19.5. The third-order valence-corrected chi connectivity index (χ3v) is 9.37. The second-order valence-corrected chi connectivity index (χ2v) is 15.5. The minimum atomic E-state index is -0.120. The number of aromatic nitrogens is 4. The van der Waals surface area contributed by atoms with Crippen LogP contribution in [0.5, 0.6) is 11.5 Å². The Morgan fingerprint density at radius 2 is 1.45 bits per heavy atom. The zero-order chi connectivity index (χ0) is 35.5. The van der Waals surface area contributed by atoms with E-state index in [0.717, 1.165) is 56.1 Å². The minimum absolute atomic E-state index is 0.0285. The van der Waals surface area contributed by atoms with Gasteiger partial charge in [-0.3, -0.25) is 4.57 Å². The van der Waals surface area contributed by atoms with Crippen LogP contribution in [0.25, 0.3) is 44.4 Å². The third-order valence-electron chi connectivity index (χ3n) is 9.37. The highest BCUT2D eigenvalue weighted by Gasteiger charge is 2.24. The van der Waals surface area contributed by atoms with Crippen LogP contribution in [0.2, 0.25) is 0 Å². The van der Waals surface area contributed by atoms with Crippen molar-refractivity contribution in [2.24, 2.45) is 0 Å². The fourth-order valence-corrected chi connectivity index (χ4v) is 6.77. The van der Waals surface area contributed by atoms with Gasteiger partial charge in [-0.2, -0.15) is 5.10 Å². The molecule has 0 atom stereocenters. The molecule has 0 fully saturated rings. The molecule has 5 nitrogen and oxygen atoms in total. The molecule has 0 unspecified atom stereocenters. The van der Waals surface area contributed by atoms with E-state index in [2.05, 4.69) is 144 Å². The van der Waals surface area contributed by atoms with Crippen LogP contribution in [-0.2, 0) is 10.8 Å². The lowest BCUT2D eigenvalue weighted by Gasteiger charge is -2.22. The summed E-state index contributed by atoms with van der Waals surface area (Å²) in [4.78, 5) is 4.83. The van der Waals surface area contributed by atoms with Crippen LogP contribution in [-0.4, -0.2) is 19.3 Å². The lowest BCUT2D eigenvalue weighted by molar-refractivity contribution is 0.478. The smallest absolute Gasteiger partial charge is 0.137 e. The molecule has 0 N–H and O–H groups in total. The van der Waals surface area contributed by atoms with Crippen molar-refractivity contribution in [2.75, 3.05) is 0 Å². The summed E-state index contributed by atoms with van der Waals surface area (Å²) in [5, 5.41) is 7.20. The number of fused-ring (bicyclic) bond motifs is 3. The van der Waals surface area contributed by atoms with E-state index in [1.54, 1.807) is 0 Å². The van der Waals surface area contributed by atoms with Crippen molar-refractivity contribution < 1.29 is 6.11 Å². The molecule has 0 spiro atoms. The van der Waals surface area contributed by atoms with Crippen molar-refractivity contribution in [1.29, 1.82) is 0 Å². The van der Waals surface area contributed by atoms with Gasteiger partial charge in [-0.15, -0.1) is 0 Å². The number of para-hydroxylation sites is 1. The maximum Gasteiger partial charge on any atom is 0.137 e. The van der Waals surface area contributed by atoms with Gasteiger partial charge in [-0.1, -0.05) is 104 Å². The standard InChI is InChI=1S/C44H46N4O/c1-28(2)42-41(30-15-11-10-12-16-30)29(3)46-48(42)33-23-32(44(7,8)9)24-35(26-33)49-34-19-20-37-36-17-13-14-18-38(36)47(39(37)27-34)40-25-31(21-22-45-40)43(4,5)6/h10-28H,1-9H3/i13D. The van der Waals surface area contributed by atoms with Crippen LogP contribution < -0.4 is 4.74 Å². The molecule has 0 aliphatic carbocycles. The molecule has 7 aromatic rings. The van der Waals surface area contributed by atoms with E-state index in [-0.39, 0.29) is 16.7 Å². The molecule has 0 amide bonds. The Morgan fingerprint density at radius 3 is 2.16 bits per heavy atom. The van der Waals surface area contributed by atoms with E-state index >= 15 is 0 Å². The van der Waals surface area contributed by atoms with E-state index < -0.39 is 0 Å². The molecular formula is C44H46N4O. The number of aryl methyl sites for hydroxylation is 1. The molecule has 4 aromatic carbocycles. The first-order valence-corrected chi connectivity index (χ1v) is 17.2. The van der Waals surface area contributed by atoms with E-state index in [1.807, 2.05) is 30.5 Å². The highest BCUT2D eigenvalue weighted by Crippen LogP contribution is 2.39. The number of nitrogens with zero attached hydrogens (tertiary/aromatic N) is 4. The normalized spacial score (nSPS) is 12.7. The number of hydrogen-bond acceptors (Lipinski definition) is 3. The van der Waals surface area contributed by atoms with Gasteiger partial charge < -0.3 is 4.74 Å². The molecule has 49 heavy (non-hydrogen) atoms. The van der Waals surface area contributed by atoms with E-state index in [1.165, 1.54) is 22.4 Å². The van der Waals surface area contributed by atoms with Crippen molar-refractivity contribution in [3.63, 3.8) is 0 Å². The summed E-state index contributed by atoms with van der Waals surface area (Å²) in [6.07, 6.45) is 1.89. The minimum Gasteiger partial charge on any atom is -0.457 e. The van der Waals surface area contributed by atoms with Gasteiger partial charge in [0, 0.05) is 34.7 Å². The highest BCUT2D eigenvalue weighted by molar-refractivity contribution is 6.09. The van der Waals surface area contributed by atoms with E-state index in [4.69, 9.17) is 16.2 Å². The van der Waals surface area contributed by atoms with Gasteiger partial charge in [0.2, 0.25) is 0 Å². The summed E-state index contributed by atoms with van der Waals surface area (Å²) in [6, 6.07) is 33.8. The van der Waals surface area contributed by atoms with Crippen LogP contribution >= 0.6 is 0 Å². The number of ether oxygens (including phenoxy) is 1. The van der Waals surface area contributed by atoms with Crippen LogP contribution in [0.4, 0.5) is 0 Å². The first-order valence-electron chi connectivity index (χ1n) is 17.7. The molecule has 3 aromatic heterocycles. The fraction of sp³-hybridized carbons (Fsp3) is 0.273. The summed E-state index contributed by atoms with van der Waals surface area (Å²) in [5.41, 5.74) is 9.72. The second-order valence-electron chi connectivity index (χ2n) is 15.5. The Morgan fingerprint density at radius 1 is 0.714 bits per heavy atom. The zero-order valence-electron chi connectivity index (χ0n) is 31.1. The van der Waals surface area contributed by atoms with Crippen molar-refractivity contribution in [3.8, 4) is 34.1 Å². The van der Waals surface area contributed by atoms with E-state index in [9.17, 15) is 0 Å². The first kappa shape index (κ1) is 31.1. The van der Waals surface area contributed by atoms with Gasteiger partial charge >= 0.3 is 0 Å². The molecule has 0 aliphatic rings. The topological polar surface area (TPSA) is 44.9 Å². The number of pyridine rings is 1. The first-order chi connectivity index (χ1) is 23.7. The SMILES string of the molecule is [2H]c1ccc2c(c1)c1ccc(Oc3cc(-n4nc(C)c(-c5ccccc5)c4C(C)C)cc(C(C)(C)C)c3)cc1n2-c1cc(C(C)(C)C)ccn1. The average molecular weight is 648 g/mol. The average Bonchev–Trinajstić information content (AvgIpc) is 3.58. The molecule has 248 valence electrons. The summed E-state index contributed by atoms with van der Waals surface area (Å²) in [7, 11) is 0. The Bertz CT molecular complexity index is 2370. The number of hydrogen-bond donors (Lipinski definition) is 0. The molecule has 3 heterocycles. The molecule has 0 saturated heterocycles. The molecule has 0 radical (unpaired) electrons. The number of benzene rings is 4. The van der Waals surface area contributed by atoms with Crippen molar-refractivity contribution >= 4 is 21.8 Å². The predicted molar refractivity (Wildman–Crippen MR) is 204 cm³/mol. The van der Waals surface area contributed by atoms with Gasteiger partial charge in [-0.05, 0) is 82.8 Å². The predicted octanol–water partition coefficient (Wildman–Crippen LogP) is 11.9. The molecule has 0 saturated carbocycles. The van der Waals surface area contributed by atoms with Crippen LogP contribution in [0.1, 0.15) is 85.2 Å². The van der Waals surface area contributed by atoms with Gasteiger partial charge in [0.15, 0.2) is 0 Å². The summed E-state index contributed by atoms with van der Waals surface area (Å²) in [5.74, 6) is 2.56. The fourth-order valence-electron chi connectivity index (χ4n) is 6.77. The Labute approximate surface area is 291 Å². The maximum atomic E-state index is 8.38. The summed E-state index contributed by atoms with van der Waals surface area (Å²) >= 11 is 0. The van der Waals surface area contributed by atoms with Crippen molar-refractivity contribution in [1.82, 2.24) is 19.3 Å². The molecule has 7 rings (SSSR count). The Kier molecular flexibility index (Phi) is 7.66. The molecule has 5 heteroatoms. The lowest BCUT2D eigenvalue weighted by atomic mass is 9.86. The molecule has 0 aliphatic heterocycles. The largest absolute Gasteiger partial charge is 0.457 e. The maximum absolute atomic E-state index is 8.38. The van der Waals surface area contributed by atoms with Crippen LogP contribution in [0.3, 0.4) is 0 Å². The summed E-state index contributed by atoms with van der Waals surface area (Å²) in [6.45, 7) is 19.9. The Hall–Kier alpha value is -5.16. The Balaban J connectivity index is 1.38. The van der Waals surface area contributed by atoms with Crippen LogP contribution in [0, 0.1) is 6.92 Å². The molecule has 0 bridgehead atoms. The highest BCUT2D eigenvalue weighted by atomic mass is 16.5. The second kappa shape index (κ2) is 12.1. The number of rotatable bonds is 6. The van der Waals surface area contributed by atoms with Gasteiger partial charge in [0.25, 0.3) is 0 Å². The monoisotopic (exact) mass is 647 g/mol. The van der Waals surface area contributed by atoms with Gasteiger partial charge in [0.1, 0.15) is 17.3 Å². The molecular weight excluding hydrogens is 601 g/mol. The van der Waals surface area contributed by atoms with Crippen LogP contribution in [0.15, 0.2) is 109 Å². The van der Waals surface area contributed by atoms with Crippen molar-refractivity contribution in [2.45, 2.75) is 79.1 Å². The zero-order valence-corrected chi connectivity index (χ0v) is 30.1. The van der Waals surface area contributed by atoms with Gasteiger partial charge in [-0.25, -0.2) is 9.67 Å². The van der Waals surface area contributed by atoms with Gasteiger partial charge in [0.05, 0.1) is 29.5 Å².